The predicted molar refractivity (Wildman–Crippen MR) is 111 cm³/mol. The molecule has 0 radical (unpaired) electrons. The van der Waals surface area contributed by atoms with Crippen molar-refractivity contribution in [2.75, 3.05) is 33.0 Å². The summed E-state index contributed by atoms with van der Waals surface area (Å²) in [5, 5.41) is 0.890. The van der Waals surface area contributed by atoms with Crippen LogP contribution in [0.15, 0.2) is 42.6 Å². The minimum Gasteiger partial charge on any atom is -0.493 e. The number of nitrogen functional groups attached to an aromatic ring is 1. The minimum absolute atomic E-state index is 0.0546. The van der Waals surface area contributed by atoms with E-state index in [1.165, 1.54) is 0 Å². The van der Waals surface area contributed by atoms with Gasteiger partial charge in [-0.05, 0) is 37.1 Å². The number of nitrogens with two attached hydrogens (primary N) is 1. The molecular formula is C22H24N4O3. The van der Waals surface area contributed by atoms with Gasteiger partial charge in [-0.3, -0.25) is 14.8 Å². The minimum atomic E-state index is -0.0546. The Morgan fingerprint density at radius 1 is 1.17 bits per heavy atom. The summed E-state index contributed by atoms with van der Waals surface area (Å²) in [6.07, 6.45) is 3.47. The van der Waals surface area contributed by atoms with Gasteiger partial charge in [-0.15, -0.1) is 0 Å². The molecule has 0 unspecified atom stereocenters. The van der Waals surface area contributed by atoms with Gasteiger partial charge in [-0.2, -0.15) is 0 Å². The predicted octanol–water partition coefficient (Wildman–Crippen LogP) is 3.25. The molecule has 2 N–H and O–H groups in total. The first kappa shape index (κ1) is 19.0. The number of hydrogen-bond acceptors (Lipinski definition) is 6. The number of aromatic nitrogens is 2. The standard InChI is InChI=1S/C22H24N4O3/c1-28-19-11-15-10-16(23)21(25-18(15)12-20(19)29-2)14-6-5-9-26(13-14)22(27)17-7-3-4-8-24-17/h3-4,7-8,10-12,14H,5-6,9,13,23H2,1-2H3/t14-/m1/s1. The van der Waals surface area contributed by atoms with E-state index in [4.69, 9.17) is 20.2 Å². The maximum Gasteiger partial charge on any atom is 0.272 e. The van der Waals surface area contributed by atoms with Crippen LogP contribution >= 0.6 is 0 Å². The summed E-state index contributed by atoms with van der Waals surface area (Å²) in [5.41, 5.74) is 9.07. The molecule has 0 bridgehead atoms. The van der Waals surface area contributed by atoms with E-state index in [9.17, 15) is 4.79 Å². The highest BCUT2D eigenvalue weighted by Gasteiger charge is 2.28. The van der Waals surface area contributed by atoms with Gasteiger partial charge in [0.2, 0.25) is 0 Å². The monoisotopic (exact) mass is 392 g/mol. The average Bonchev–Trinajstić information content (AvgIpc) is 2.77. The third kappa shape index (κ3) is 3.68. The zero-order chi connectivity index (χ0) is 20.4. The number of amides is 1. The largest absolute Gasteiger partial charge is 0.493 e. The van der Waals surface area contributed by atoms with E-state index in [0.29, 0.717) is 36.0 Å². The number of ether oxygens (including phenoxy) is 2. The Hall–Kier alpha value is -3.35. The fraction of sp³-hybridized carbons (Fsp3) is 0.318. The van der Waals surface area contributed by atoms with Crippen LogP contribution in [-0.2, 0) is 0 Å². The highest BCUT2D eigenvalue weighted by molar-refractivity contribution is 5.92. The molecule has 1 atom stereocenters. The lowest BCUT2D eigenvalue weighted by Gasteiger charge is -2.33. The molecule has 2 aromatic heterocycles. The van der Waals surface area contributed by atoms with Gasteiger partial charge < -0.3 is 20.1 Å². The molecule has 7 heteroatoms. The number of piperidine rings is 1. The summed E-state index contributed by atoms with van der Waals surface area (Å²) in [6, 6.07) is 11.0. The fourth-order valence-electron chi connectivity index (χ4n) is 3.90. The van der Waals surface area contributed by atoms with Gasteiger partial charge >= 0.3 is 0 Å². The van der Waals surface area contributed by atoms with Crippen LogP contribution in [0.3, 0.4) is 0 Å². The molecule has 150 valence electrons. The van der Waals surface area contributed by atoms with Gasteiger partial charge in [0.05, 0.1) is 31.1 Å². The quantitative estimate of drug-likeness (QED) is 0.733. The van der Waals surface area contributed by atoms with Gasteiger partial charge in [0.25, 0.3) is 5.91 Å². The molecule has 4 rings (SSSR count). The molecule has 0 spiro atoms. The maximum absolute atomic E-state index is 12.8. The number of methoxy groups -OCH3 is 2. The molecule has 0 saturated carbocycles. The number of rotatable bonds is 4. The Labute approximate surface area is 169 Å². The number of carbonyl (C=O) groups excluding carboxylic acids is 1. The van der Waals surface area contributed by atoms with Crippen LogP contribution in [0.5, 0.6) is 11.5 Å². The number of carbonyl (C=O) groups is 1. The number of fused-ring (bicyclic) bond motifs is 1. The van der Waals surface area contributed by atoms with Gasteiger partial charge in [0, 0.05) is 36.7 Å². The summed E-state index contributed by atoms with van der Waals surface area (Å²) < 4.78 is 10.8. The lowest BCUT2D eigenvalue weighted by atomic mass is 9.92. The summed E-state index contributed by atoms with van der Waals surface area (Å²) in [7, 11) is 3.20. The summed E-state index contributed by atoms with van der Waals surface area (Å²) >= 11 is 0. The SMILES string of the molecule is COc1cc2cc(N)c([C@@H]3CCCN(C(=O)c4ccccn4)C3)nc2cc1OC. The van der Waals surface area contributed by atoms with Crippen LogP contribution in [0.4, 0.5) is 5.69 Å². The molecule has 1 fully saturated rings. The second-order valence-electron chi connectivity index (χ2n) is 7.17. The highest BCUT2D eigenvalue weighted by atomic mass is 16.5. The van der Waals surface area contributed by atoms with Crippen molar-refractivity contribution in [1.82, 2.24) is 14.9 Å². The Bertz CT molecular complexity index is 1040. The van der Waals surface area contributed by atoms with Crippen LogP contribution in [0, 0.1) is 0 Å². The van der Waals surface area contributed by atoms with Crippen LogP contribution in [-0.4, -0.2) is 48.1 Å². The molecule has 1 amide bonds. The summed E-state index contributed by atoms with van der Waals surface area (Å²) in [6.45, 7) is 1.29. The summed E-state index contributed by atoms with van der Waals surface area (Å²) in [5.74, 6) is 1.28. The van der Waals surface area contributed by atoms with Gasteiger partial charge in [-0.1, -0.05) is 6.07 Å². The molecule has 3 heterocycles. The number of benzene rings is 1. The smallest absolute Gasteiger partial charge is 0.272 e. The lowest BCUT2D eigenvalue weighted by Crippen LogP contribution is -2.39. The topological polar surface area (TPSA) is 90.6 Å². The number of pyridine rings is 2. The Balaban J connectivity index is 1.64. The zero-order valence-corrected chi connectivity index (χ0v) is 16.6. The zero-order valence-electron chi connectivity index (χ0n) is 16.6. The molecule has 3 aromatic rings. The van der Waals surface area contributed by atoms with Crippen LogP contribution < -0.4 is 15.2 Å². The molecule has 0 aliphatic carbocycles. The second kappa shape index (κ2) is 7.95. The van der Waals surface area contributed by atoms with Crippen molar-refractivity contribution < 1.29 is 14.3 Å². The Morgan fingerprint density at radius 2 is 1.97 bits per heavy atom. The normalized spacial score (nSPS) is 16.6. The first-order valence-corrected chi connectivity index (χ1v) is 9.63. The maximum atomic E-state index is 12.8. The van der Waals surface area contributed by atoms with Crippen molar-refractivity contribution in [3.63, 3.8) is 0 Å². The van der Waals surface area contributed by atoms with Gasteiger partial charge in [-0.25, -0.2) is 0 Å². The molecule has 29 heavy (non-hydrogen) atoms. The highest BCUT2D eigenvalue weighted by Crippen LogP contribution is 2.36. The van der Waals surface area contributed by atoms with Crippen molar-refractivity contribution in [3.8, 4) is 11.5 Å². The van der Waals surface area contributed by atoms with E-state index in [-0.39, 0.29) is 11.8 Å². The van der Waals surface area contributed by atoms with Crippen molar-refractivity contribution in [3.05, 3.63) is 54.0 Å². The van der Waals surface area contributed by atoms with Crippen LogP contribution in [0.1, 0.15) is 34.9 Å². The first-order valence-electron chi connectivity index (χ1n) is 9.63. The van der Waals surface area contributed by atoms with Gasteiger partial charge in [0.1, 0.15) is 5.69 Å². The van der Waals surface area contributed by atoms with Crippen molar-refractivity contribution in [2.24, 2.45) is 0 Å². The molecule has 1 aromatic carbocycles. The first-order chi connectivity index (χ1) is 14.1. The van der Waals surface area contributed by atoms with Crippen molar-refractivity contribution in [2.45, 2.75) is 18.8 Å². The Morgan fingerprint density at radius 3 is 2.69 bits per heavy atom. The molecule has 1 aliphatic heterocycles. The van der Waals surface area contributed by atoms with Crippen LogP contribution in [0.2, 0.25) is 0 Å². The molecule has 1 aliphatic rings. The summed E-state index contributed by atoms with van der Waals surface area (Å²) in [4.78, 5) is 23.7. The molecule has 7 nitrogen and oxygen atoms in total. The van der Waals surface area contributed by atoms with Crippen molar-refractivity contribution >= 4 is 22.5 Å². The third-order valence-electron chi connectivity index (χ3n) is 5.36. The number of likely N-dealkylation sites (tertiary alicyclic amines) is 1. The van der Waals surface area contributed by atoms with E-state index in [0.717, 1.165) is 29.4 Å². The van der Waals surface area contributed by atoms with E-state index < -0.39 is 0 Å². The fourth-order valence-corrected chi connectivity index (χ4v) is 3.90. The number of hydrogen-bond donors (Lipinski definition) is 1. The number of anilines is 1. The van der Waals surface area contributed by atoms with Gasteiger partial charge in [0.15, 0.2) is 11.5 Å². The Kier molecular flexibility index (Phi) is 5.20. The van der Waals surface area contributed by atoms with E-state index in [1.54, 1.807) is 32.5 Å². The van der Waals surface area contributed by atoms with E-state index in [2.05, 4.69) is 4.98 Å². The lowest BCUT2D eigenvalue weighted by molar-refractivity contribution is 0.0700. The number of nitrogens with zero attached hydrogens (tertiary/aromatic N) is 3. The van der Waals surface area contributed by atoms with E-state index in [1.807, 2.05) is 29.2 Å². The second-order valence-corrected chi connectivity index (χ2v) is 7.17. The van der Waals surface area contributed by atoms with E-state index >= 15 is 0 Å². The average molecular weight is 392 g/mol. The van der Waals surface area contributed by atoms with Crippen molar-refractivity contribution in [1.29, 1.82) is 0 Å². The third-order valence-corrected chi connectivity index (χ3v) is 5.36. The van der Waals surface area contributed by atoms with Crippen LogP contribution in [0.25, 0.3) is 10.9 Å². The molecule has 1 saturated heterocycles. The molecular weight excluding hydrogens is 368 g/mol.